The summed E-state index contributed by atoms with van der Waals surface area (Å²) in [5, 5.41) is 3.47. The molecule has 0 aromatic heterocycles. The van der Waals surface area contributed by atoms with E-state index in [-0.39, 0.29) is 5.41 Å². The second kappa shape index (κ2) is 4.27. The molecule has 0 aromatic rings. The summed E-state index contributed by atoms with van der Waals surface area (Å²) in [6.45, 7) is 6.51. The normalized spacial score (nSPS) is 34.5. The first-order valence-electron chi connectivity index (χ1n) is 7.25. The van der Waals surface area contributed by atoms with Crippen molar-refractivity contribution in [2.45, 2.75) is 39.0 Å². The van der Waals surface area contributed by atoms with Gasteiger partial charge in [-0.15, -0.1) is 0 Å². The van der Waals surface area contributed by atoms with Gasteiger partial charge in [-0.1, -0.05) is 13.3 Å². The predicted molar refractivity (Wildman–Crippen MR) is 67.6 cm³/mol. The zero-order chi connectivity index (χ0) is 11.9. The molecule has 3 aliphatic rings. The van der Waals surface area contributed by atoms with Crippen molar-refractivity contribution in [1.82, 2.24) is 10.2 Å². The van der Waals surface area contributed by atoms with Gasteiger partial charge >= 0.3 is 0 Å². The highest BCUT2D eigenvalue weighted by Gasteiger charge is 2.51. The number of piperidine rings is 1. The van der Waals surface area contributed by atoms with E-state index in [1.165, 1.54) is 13.0 Å². The van der Waals surface area contributed by atoms with E-state index in [9.17, 15) is 4.79 Å². The van der Waals surface area contributed by atoms with Crippen molar-refractivity contribution >= 4 is 5.91 Å². The lowest BCUT2D eigenvalue weighted by Gasteiger charge is -2.36. The molecule has 2 unspecified atom stereocenters. The molecule has 1 N–H and O–H groups in total. The van der Waals surface area contributed by atoms with Crippen LogP contribution in [0.2, 0.25) is 0 Å². The molecule has 0 bridgehead atoms. The minimum absolute atomic E-state index is 0.0770. The molecule has 1 amide bonds. The summed E-state index contributed by atoms with van der Waals surface area (Å²) in [5.41, 5.74) is 0.0770. The fraction of sp³-hybridized carbons (Fsp3) is 0.929. The summed E-state index contributed by atoms with van der Waals surface area (Å²) < 4.78 is 0. The molecule has 0 aromatic carbocycles. The van der Waals surface area contributed by atoms with Crippen molar-refractivity contribution in [1.29, 1.82) is 0 Å². The Morgan fingerprint density at radius 2 is 2.12 bits per heavy atom. The maximum atomic E-state index is 12.6. The van der Waals surface area contributed by atoms with Crippen LogP contribution in [-0.4, -0.2) is 37.0 Å². The molecule has 17 heavy (non-hydrogen) atoms. The molecule has 3 heteroatoms. The average molecular weight is 236 g/mol. The number of nitrogens with zero attached hydrogens (tertiary/aromatic N) is 1. The molecule has 96 valence electrons. The van der Waals surface area contributed by atoms with Crippen molar-refractivity contribution in [3.05, 3.63) is 0 Å². The molecule has 3 nitrogen and oxygen atoms in total. The fourth-order valence-electron chi connectivity index (χ4n) is 3.75. The van der Waals surface area contributed by atoms with Crippen molar-refractivity contribution in [3.8, 4) is 0 Å². The van der Waals surface area contributed by atoms with Crippen LogP contribution in [0.5, 0.6) is 0 Å². The van der Waals surface area contributed by atoms with Crippen LogP contribution in [0.25, 0.3) is 0 Å². The van der Waals surface area contributed by atoms with Crippen LogP contribution in [0.4, 0.5) is 0 Å². The lowest BCUT2D eigenvalue weighted by molar-refractivity contribution is -0.139. The molecule has 3 fully saturated rings. The van der Waals surface area contributed by atoms with Gasteiger partial charge in [-0.25, -0.2) is 0 Å². The van der Waals surface area contributed by atoms with Crippen LogP contribution in [0.3, 0.4) is 0 Å². The molecule has 3 rings (SSSR count). The Morgan fingerprint density at radius 3 is 2.82 bits per heavy atom. The van der Waals surface area contributed by atoms with Gasteiger partial charge in [0.15, 0.2) is 0 Å². The Morgan fingerprint density at radius 1 is 1.35 bits per heavy atom. The molecular weight excluding hydrogens is 212 g/mol. The lowest BCUT2D eigenvalue weighted by Crippen LogP contribution is -2.46. The van der Waals surface area contributed by atoms with Gasteiger partial charge in [-0.05, 0) is 50.6 Å². The molecule has 2 saturated heterocycles. The van der Waals surface area contributed by atoms with E-state index in [2.05, 4.69) is 17.1 Å². The van der Waals surface area contributed by atoms with Crippen molar-refractivity contribution < 1.29 is 4.79 Å². The van der Waals surface area contributed by atoms with Crippen molar-refractivity contribution in [2.24, 2.45) is 17.3 Å². The topological polar surface area (TPSA) is 32.3 Å². The minimum atomic E-state index is 0.0770. The quantitative estimate of drug-likeness (QED) is 0.808. The summed E-state index contributed by atoms with van der Waals surface area (Å²) in [5.74, 6) is 2.04. The second-order valence-corrected chi connectivity index (χ2v) is 6.25. The van der Waals surface area contributed by atoms with Gasteiger partial charge in [0.05, 0.1) is 0 Å². The Bertz CT molecular complexity index is 311. The number of hydrogen-bond donors (Lipinski definition) is 1. The Balaban J connectivity index is 1.63. The SMILES string of the molecule is CCCC1(C(=O)N2CCC3CNCC3C2)CC1. The Labute approximate surface area is 104 Å². The van der Waals surface area contributed by atoms with Gasteiger partial charge in [0.2, 0.25) is 5.91 Å². The van der Waals surface area contributed by atoms with Crippen LogP contribution in [0.15, 0.2) is 0 Å². The maximum absolute atomic E-state index is 12.6. The summed E-state index contributed by atoms with van der Waals surface area (Å²) in [6, 6.07) is 0. The first kappa shape index (κ1) is 11.5. The van der Waals surface area contributed by atoms with E-state index in [1.54, 1.807) is 0 Å². The fourth-order valence-corrected chi connectivity index (χ4v) is 3.75. The third-order valence-electron chi connectivity index (χ3n) is 5.03. The largest absolute Gasteiger partial charge is 0.342 e. The number of fused-ring (bicyclic) bond motifs is 1. The van der Waals surface area contributed by atoms with E-state index in [0.29, 0.717) is 5.91 Å². The van der Waals surface area contributed by atoms with E-state index >= 15 is 0 Å². The summed E-state index contributed by atoms with van der Waals surface area (Å²) in [6.07, 6.45) is 5.75. The lowest BCUT2D eigenvalue weighted by atomic mass is 9.87. The molecule has 2 atom stereocenters. The van der Waals surface area contributed by atoms with Crippen LogP contribution in [0.1, 0.15) is 39.0 Å². The van der Waals surface area contributed by atoms with Crippen molar-refractivity contribution in [2.75, 3.05) is 26.2 Å². The third kappa shape index (κ3) is 1.99. The number of nitrogens with one attached hydrogen (secondary N) is 1. The zero-order valence-electron chi connectivity index (χ0n) is 10.9. The first-order chi connectivity index (χ1) is 8.25. The van der Waals surface area contributed by atoms with E-state index in [1.807, 2.05) is 0 Å². The summed E-state index contributed by atoms with van der Waals surface area (Å²) in [4.78, 5) is 14.7. The van der Waals surface area contributed by atoms with Gasteiger partial charge in [-0.3, -0.25) is 4.79 Å². The molecule has 2 aliphatic heterocycles. The maximum Gasteiger partial charge on any atom is 0.228 e. The average Bonchev–Trinajstić information content (AvgIpc) is 2.97. The van der Waals surface area contributed by atoms with E-state index < -0.39 is 0 Å². The summed E-state index contributed by atoms with van der Waals surface area (Å²) in [7, 11) is 0. The van der Waals surface area contributed by atoms with Crippen molar-refractivity contribution in [3.63, 3.8) is 0 Å². The molecular formula is C14H24N2O. The number of amides is 1. The molecule has 2 heterocycles. The molecule has 0 spiro atoms. The number of rotatable bonds is 3. The van der Waals surface area contributed by atoms with Crippen LogP contribution >= 0.6 is 0 Å². The number of likely N-dealkylation sites (tertiary alicyclic amines) is 1. The Hall–Kier alpha value is -0.570. The van der Waals surface area contributed by atoms with Gasteiger partial charge in [0, 0.05) is 18.5 Å². The standard InChI is InChI=1S/C14H24N2O/c1-2-4-14(5-6-14)13(17)16-7-3-11-8-15-9-12(11)10-16/h11-12,15H,2-10H2,1H3. The highest BCUT2D eigenvalue weighted by atomic mass is 16.2. The zero-order valence-corrected chi connectivity index (χ0v) is 10.9. The smallest absolute Gasteiger partial charge is 0.228 e. The van der Waals surface area contributed by atoms with Crippen LogP contribution < -0.4 is 5.32 Å². The number of carbonyl (C=O) groups excluding carboxylic acids is 1. The molecule has 0 radical (unpaired) electrons. The Kier molecular flexibility index (Phi) is 2.89. The molecule has 1 saturated carbocycles. The third-order valence-corrected chi connectivity index (χ3v) is 5.03. The minimum Gasteiger partial charge on any atom is -0.342 e. The number of carbonyl (C=O) groups is 1. The highest BCUT2D eigenvalue weighted by molar-refractivity contribution is 5.85. The van der Waals surface area contributed by atoms with Crippen LogP contribution in [0, 0.1) is 17.3 Å². The first-order valence-corrected chi connectivity index (χ1v) is 7.25. The van der Waals surface area contributed by atoms with E-state index in [0.717, 1.165) is 57.2 Å². The van der Waals surface area contributed by atoms with Gasteiger partial charge < -0.3 is 10.2 Å². The predicted octanol–water partition coefficient (Wildman–Crippen LogP) is 1.63. The molecule has 1 aliphatic carbocycles. The van der Waals surface area contributed by atoms with Gasteiger partial charge in [0.1, 0.15) is 0 Å². The summed E-state index contributed by atoms with van der Waals surface area (Å²) >= 11 is 0. The monoisotopic (exact) mass is 236 g/mol. The van der Waals surface area contributed by atoms with Crippen LogP contribution in [-0.2, 0) is 4.79 Å². The van der Waals surface area contributed by atoms with Gasteiger partial charge in [-0.2, -0.15) is 0 Å². The second-order valence-electron chi connectivity index (χ2n) is 6.25. The highest BCUT2D eigenvalue weighted by Crippen LogP contribution is 2.51. The van der Waals surface area contributed by atoms with E-state index in [4.69, 9.17) is 0 Å². The number of hydrogen-bond acceptors (Lipinski definition) is 2. The van der Waals surface area contributed by atoms with Gasteiger partial charge in [0.25, 0.3) is 0 Å².